The summed E-state index contributed by atoms with van der Waals surface area (Å²) in [6.45, 7) is 3.52. The van der Waals surface area contributed by atoms with Crippen LogP contribution in [0, 0.1) is 0 Å². The van der Waals surface area contributed by atoms with Gasteiger partial charge >= 0.3 is 0 Å². The summed E-state index contributed by atoms with van der Waals surface area (Å²) in [6.07, 6.45) is 8.15. The number of amides is 1. The van der Waals surface area contributed by atoms with Crippen LogP contribution in [0.15, 0.2) is 46.4 Å². The molecule has 1 aliphatic carbocycles. The van der Waals surface area contributed by atoms with Crippen molar-refractivity contribution in [1.29, 1.82) is 0 Å². The van der Waals surface area contributed by atoms with Crippen LogP contribution in [0.2, 0.25) is 0 Å². The molecule has 0 unspecified atom stereocenters. The molecule has 2 N–H and O–H groups in total. The lowest BCUT2D eigenvalue weighted by Crippen LogP contribution is -2.20. The molecule has 0 saturated heterocycles. The molecular weight excluding hydrogens is 348 g/mol. The van der Waals surface area contributed by atoms with E-state index >= 15 is 0 Å². The van der Waals surface area contributed by atoms with Gasteiger partial charge in [-0.25, -0.2) is 4.99 Å². The molecular formula is C18H24N6O3. The summed E-state index contributed by atoms with van der Waals surface area (Å²) in [4.78, 5) is 21.6. The number of nitrogen functional groups attached to an aromatic ring is 1. The van der Waals surface area contributed by atoms with Crippen molar-refractivity contribution in [2.45, 2.75) is 12.8 Å². The second kappa shape index (κ2) is 8.84. The Kier molecular flexibility index (Phi) is 6.53. The number of aliphatic imine (C=N–C) groups is 1. The second-order valence-electron chi connectivity index (χ2n) is 5.91. The monoisotopic (exact) mass is 372 g/mol. The average Bonchev–Trinajstić information content (AvgIpc) is 2.88. The van der Waals surface area contributed by atoms with E-state index in [-0.39, 0.29) is 17.7 Å². The number of allylic oxidation sites excluding steroid dienone is 4. The minimum Gasteiger partial charge on any atom is -0.493 e. The van der Waals surface area contributed by atoms with Gasteiger partial charge in [0.1, 0.15) is 5.82 Å². The highest BCUT2D eigenvalue weighted by Gasteiger charge is 2.16. The Morgan fingerprint density at radius 1 is 1.41 bits per heavy atom. The van der Waals surface area contributed by atoms with E-state index in [0.29, 0.717) is 30.2 Å². The maximum absolute atomic E-state index is 12.0. The molecule has 0 atom stereocenters. The molecule has 1 aromatic heterocycles. The maximum Gasteiger partial charge on any atom is 0.249 e. The molecule has 0 radical (unpaired) electrons. The van der Waals surface area contributed by atoms with Gasteiger partial charge in [-0.3, -0.25) is 4.79 Å². The summed E-state index contributed by atoms with van der Waals surface area (Å²) in [5.74, 6) is 1.87. The third-order valence-corrected chi connectivity index (χ3v) is 3.82. The molecule has 1 heterocycles. The van der Waals surface area contributed by atoms with E-state index in [2.05, 4.69) is 21.8 Å². The SMILES string of the molecule is C=N/C(=C\C(=O)N(C)C)n1nc(N)nc1CC1=CC(OC)=C(OC)C=CC1. The fraction of sp³-hybridized carbons (Fsp3) is 0.333. The van der Waals surface area contributed by atoms with Gasteiger partial charge in [-0.2, -0.15) is 9.67 Å². The zero-order valence-electron chi connectivity index (χ0n) is 16.0. The van der Waals surface area contributed by atoms with E-state index in [1.165, 1.54) is 15.7 Å². The van der Waals surface area contributed by atoms with Crippen LogP contribution >= 0.6 is 0 Å². The van der Waals surface area contributed by atoms with E-state index in [4.69, 9.17) is 15.2 Å². The van der Waals surface area contributed by atoms with Crippen molar-refractivity contribution < 1.29 is 14.3 Å². The fourth-order valence-corrected chi connectivity index (χ4v) is 2.44. The van der Waals surface area contributed by atoms with Gasteiger partial charge < -0.3 is 20.1 Å². The molecule has 0 aromatic carbocycles. The topological polar surface area (TPSA) is 108 Å². The number of methoxy groups -OCH3 is 2. The minimum atomic E-state index is -0.247. The molecule has 0 fully saturated rings. The highest BCUT2D eigenvalue weighted by atomic mass is 16.5. The lowest BCUT2D eigenvalue weighted by Gasteiger charge is -2.10. The highest BCUT2D eigenvalue weighted by molar-refractivity contribution is 5.92. The third-order valence-electron chi connectivity index (χ3n) is 3.82. The van der Waals surface area contributed by atoms with Crippen LogP contribution in [0.1, 0.15) is 12.2 Å². The summed E-state index contributed by atoms with van der Waals surface area (Å²) in [7, 11) is 6.45. The van der Waals surface area contributed by atoms with E-state index < -0.39 is 0 Å². The number of likely N-dealkylation sites (N-methyl/N-ethyl adjacent to an activating group) is 1. The Morgan fingerprint density at radius 3 is 2.70 bits per heavy atom. The Bertz CT molecular complexity index is 845. The molecule has 0 aliphatic heterocycles. The molecule has 2 rings (SSSR count). The highest BCUT2D eigenvalue weighted by Crippen LogP contribution is 2.22. The largest absolute Gasteiger partial charge is 0.493 e. The van der Waals surface area contributed by atoms with Crippen molar-refractivity contribution in [3.05, 3.63) is 47.2 Å². The lowest BCUT2D eigenvalue weighted by molar-refractivity contribution is -0.123. The molecule has 1 amide bonds. The molecule has 1 aromatic rings. The number of anilines is 1. The fourth-order valence-electron chi connectivity index (χ4n) is 2.44. The quantitative estimate of drug-likeness (QED) is 0.572. The van der Waals surface area contributed by atoms with Gasteiger partial charge in [0.2, 0.25) is 11.9 Å². The van der Waals surface area contributed by atoms with Crippen molar-refractivity contribution in [2.24, 2.45) is 4.99 Å². The van der Waals surface area contributed by atoms with Crippen LogP contribution in [0.4, 0.5) is 5.95 Å². The molecule has 9 nitrogen and oxygen atoms in total. The zero-order valence-corrected chi connectivity index (χ0v) is 16.0. The lowest BCUT2D eigenvalue weighted by atomic mass is 10.1. The van der Waals surface area contributed by atoms with Gasteiger partial charge in [0.15, 0.2) is 17.3 Å². The summed E-state index contributed by atoms with van der Waals surface area (Å²) >= 11 is 0. The Balaban J connectivity index is 2.40. The number of nitrogens with zero attached hydrogens (tertiary/aromatic N) is 5. The predicted molar refractivity (Wildman–Crippen MR) is 104 cm³/mol. The number of hydrogen-bond donors (Lipinski definition) is 1. The molecule has 0 spiro atoms. The summed E-state index contributed by atoms with van der Waals surface area (Å²) < 4.78 is 12.1. The van der Waals surface area contributed by atoms with Crippen LogP contribution < -0.4 is 5.73 Å². The number of carbonyl (C=O) groups excluding carboxylic acids is 1. The van der Waals surface area contributed by atoms with Crippen molar-refractivity contribution >= 4 is 24.4 Å². The summed E-state index contributed by atoms with van der Waals surface area (Å²) in [6, 6.07) is 0. The van der Waals surface area contributed by atoms with Gasteiger partial charge in [0, 0.05) is 26.6 Å². The molecule has 0 saturated carbocycles. The maximum atomic E-state index is 12.0. The van der Waals surface area contributed by atoms with E-state index in [0.717, 1.165) is 5.57 Å². The number of rotatable bonds is 7. The van der Waals surface area contributed by atoms with Crippen molar-refractivity contribution in [3.63, 3.8) is 0 Å². The first-order valence-electron chi connectivity index (χ1n) is 8.19. The molecule has 9 heteroatoms. The standard InChI is InChI=1S/C18H24N6O3/c1-20-15(11-17(25)23(2)3)24-16(21-18(19)22-24)10-12-7-6-8-13(26-4)14(9-12)27-5/h6,8-9,11H,1,7,10H2,2-5H3,(H2,19,22)/b15-11+. The second-order valence-corrected chi connectivity index (χ2v) is 5.91. The minimum absolute atomic E-state index is 0.0849. The molecule has 0 bridgehead atoms. The Labute approximate surface area is 158 Å². The predicted octanol–water partition coefficient (Wildman–Crippen LogP) is 1.38. The van der Waals surface area contributed by atoms with Crippen LogP contribution in [0.3, 0.4) is 0 Å². The van der Waals surface area contributed by atoms with Gasteiger partial charge in [-0.1, -0.05) is 11.6 Å². The van der Waals surface area contributed by atoms with Gasteiger partial charge in [-0.15, -0.1) is 5.10 Å². The first kappa shape index (κ1) is 20.0. The molecule has 1 aliphatic rings. The van der Waals surface area contributed by atoms with Crippen molar-refractivity contribution in [3.8, 4) is 0 Å². The van der Waals surface area contributed by atoms with Crippen LogP contribution in [-0.4, -0.2) is 60.6 Å². The summed E-state index contributed by atoms with van der Waals surface area (Å²) in [5, 5.41) is 4.15. The first-order chi connectivity index (χ1) is 12.9. The average molecular weight is 372 g/mol. The van der Waals surface area contributed by atoms with Gasteiger partial charge in [0.25, 0.3) is 0 Å². The van der Waals surface area contributed by atoms with Crippen molar-refractivity contribution in [2.75, 3.05) is 34.0 Å². The van der Waals surface area contributed by atoms with Crippen LogP contribution in [0.5, 0.6) is 0 Å². The van der Waals surface area contributed by atoms with Crippen LogP contribution in [-0.2, 0) is 20.7 Å². The van der Waals surface area contributed by atoms with Crippen molar-refractivity contribution in [1.82, 2.24) is 19.7 Å². The van der Waals surface area contributed by atoms with E-state index in [1.54, 1.807) is 28.3 Å². The third kappa shape index (κ3) is 4.84. The van der Waals surface area contributed by atoms with E-state index in [1.807, 2.05) is 18.2 Å². The van der Waals surface area contributed by atoms with Crippen LogP contribution in [0.25, 0.3) is 5.82 Å². The van der Waals surface area contributed by atoms with E-state index in [9.17, 15) is 4.79 Å². The van der Waals surface area contributed by atoms with Gasteiger partial charge in [0.05, 0.1) is 14.2 Å². The summed E-state index contributed by atoms with van der Waals surface area (Å²) in [5.41, 5.74) is 6.79. The molecule has 27 heavy (non-hydrogen) atoms. The Morgan fingerprint density at radius 2 is 2.11 bits per heavy atom. The zero-order chi connectivity index (χ0) is 20.0. The number of carbonyl (C=O) groups is 1. The Hall–Kier alpha value is -3.36. The van der Waals surface area contributed by atoms with Gasteiger partial charge in [-0.05, 0) is 25.3 Å². The molecule has 144 valence electrons. The normalized spacial score (nSPS) is 14.5. The number of aromatic nitrogens is 3. The number of hydrogen-bond acceptors (Lipinski definition) is 7. The first-order valence-corrected chi connectivity index (χ1v) is 8.19. The number of ether oxygens (including phenoxy) is 2. The number of nitrogens with two attached hydrogens (primary N) is 1. The smallest absolute Gasteiger partial charge is 0.249 e.